The van der Waals surface area contributed by atoms with E-state index in [-0.39, 0.29) is 6.61 Å². The molecule has 0 amide bonds. The van der Waals surface area contributed by atoms with Crippen LogP contribution in [0.2, 0.25) is 0 Å². The molecule has 2 aromatic rings. The summed E-state index contributed by atoms with van der Waals surface area (Å²) in [6, 6.07) is 7.92. The van der Waals surface area contributed by atoms with Gasteiger partial charge in [0.15, 0.2) is 11.6 Å². The van der Waals surface area contributed by atoms with Crippen molar-refractivity contribution >= 4 is 15.9 Å². The van der Waals surface area contributed by atoms with E-state index in [4.69, 9.17) is 0 Å². The minimum atomic E-state index is -0.0823. The number of halogens is 1. The van der Waals surface area contributed by atoms with Gasteiger partial charge in [0, 0.05) is 16.6 Å². The van der Waals surface area contributed by atoms with Crippen molar-refractivity contribution in [3.05, 3.63) is 34.6 Å². The molecule has 0 spiro atoms. The van der Waals surface area contributed by atoms with E-state index in [1.54, 1.807) is 0 Å². The number of nitrogens with zero attached hydrogens (tertiary/aromatic N) is 3. The quantitative estimate of drug-likeness (QED) is 0.943. The fraction of sp³-hybridized carbons (Fsp3) is 0.333. The fourth-order valence-corrected chi connectivity index (χ4v) is 2.15. The van der Waals surface area contributed by atoms with E-state index < -0.39 is 0 Å². The molecule has 0 aliphatic rings. The molecule has 0 bridgehead atoms. The second-order valence-corrected chi connectivity index (χ2v) is 4.68. The van der Waals surface area contributed by atoms with Gasteiger partial charge in [-0.25, -0.2) is 0 Å². The maximum absolute atomic E-state index is 9.23. The molecule has 90 valence electrons. The minimum absolute atomic E-state index is 0.0823. The highest BCUT2D eigenvalue weighted by atomic mass is 79.9. The summed E-state index contributed by atoms with van der Waals surface area (Å²) >= 11 is 3.44. The van der Waals surface area contributed by atoms with Crippen LogP contribution in [0, 0.1) is 0 Å². The number of aliphatic hydroxyl groups excluding tert-OH is 1. The first-order valence-corrected chi connectivity index (χ1v) is 6.34. The Morgan fingerprint density at radius 2 is 2.18 bits per heavy atom. The predicted molar refractivity (Wildman–Crippen MR) is 69.4 cm³/mol. The summed E-state index contributed by atoms with van der Waals surface area (Å²) in [6.07, 6.45) is 0.978. The average molecular weight is 296 g/mol. The van der Waals surface area contributed by atoms with Crippen LogP contribution in [0.3, 0.4) is 0 Å². The van der Waals surface area contributed by atoms with Crippen molar-refractivity contribution < 1.29 is 5.11 Å². The van der Waals surface area contributed by atoms with Gasteiger partial charge in [0.1, 0.15) is 6.61 Å². The van der Waals surface area contributed by atoms with Crippen molar-refractivity contribution in [1.82, 2.24) is 14.8 Å². The highest BCUT2D eigenvalue weighted by molar-refractivity contribution is 9.10. The van der Waals surface area contributed by atoms with Crippen molar-refractivity contribution in [3.8, 4) is 11.4 Å². The van der Waals surface area contributed by atoms with Crippen LogP contribution in [0.1, 0.15) is 19.2 Å². The Bertz CT molecular complexity index is 510. The Balaban J connectivity index is 2.47. The Kier molecular flexibility index (Phi) is 3.91. The van der Waals surface area contributed by atoms with E-state index in [2.05, 4.69) is 33.1 Å². The lowest BCUT2D eigenvalue weighted by molar-refractivity contribution is 0.264. The molecular weight excluding hydrogens is 282 g/mol. The topological polar surface area (TPSA) is 50.9 Å². The number of aliphatic hydroxyl groups is 1. The van der Waals surface area contributed by atoms with E-state index in [0.717, 1.165) is 28.8 Å². The molecule has 2 rings (SSSR count). The number of hydrogen-bond acceptors (Lipinski definition) is 3. The van der Waals surface area contributed by atoms with Gasteiger partial charge in [0.25, 0.3) is 0 Å². The van der Waals surface area contributed by atoms with Crippen molar-refractivity contribution in [3.63, 3.8) is 0 Å². The van der Waals surface area contributed by atoms with Gasteiger partial charge in [0.05, 0.1) is 0 Å². The maximum atomic E-state index is 9.23. The van der Waals surface area contributed by atoms with Crippen LogP contribution in [0.5, 0.6) is 0 Å². The molecule has 0 unspecified atom stereocenters. The van der Waals surface area contributed by atoms with Crippen molar-refractivity contribution in [2.75, 3.05) is 0 Å². The molecule has 1 N–H and O–H groups in total. The first kappa shape index (κ1) is 12.3. The fourth-order valence-electron chi connectivity index (χ4n) is 1.75. The third-order valence-corrected chi connectivity index (χ3v) is 2.99. The average Bonchev–Trinajstić information content (AvgIpc) is 2.72. The molecule has 0 saturated heterocycles. The van der Waals surface area contributed by atoms with E-state index in [1.807, 2.05) is 28.8 Å². The Morgan fingerprint density at radius 3 is 2.82 bits per heavy atom. The molecule has 1 aromatic heterocycles. The third-order valence-electron chi connectivity index (χ3n) is 2.50. The summed E-state index contributed by atoms with van der Waals surface area (Å²) in [7, 11) is 0. The maximum Gasteiger partial charge on any atom is 0.164 e. The molecule has 17 heavy (non-hydrogen) atoms. The zero-order valence-corrected chi connectivity index (χ0v) is 11.2. The Hall–Kier alpha value is -1.20. The van der Waals surface area contributed by atoms with Crippen molar-refractivity contribution in [2.45, 2.75) is 26.5 Å². The predicted octanol–water partition coefficient (Wildman–Crippen LogP) is 2.61. The molecule has 0 atom stereocenters. The van der Waals surface area contributed by atoms with Crippen molar-refractivity contribution in [1.29, 1.82) is 0 Å². The molecule has 0 aliphatic heterocycles. The first-order chi connectivity index (χ1) is 8.26. The number of hydrogen-bond donors (Lipinski definition) is 1. The molecule has 0 aliphatic carbocycles. The molecule has 0 fully saturated rings. The van der Waals surface area contributed by atoms with Crippen LogP contribution in [0.4, 0.5) is 0 Å². The monoisotopic (exact) mass is 295 g/mol. The summed E-state index contributed by atoms with van der Waals surface area (Å²) in [5, 5.41) is 17.4. The summed E-state index contributed by atoms with van der Waals surface area (Å²) in [4.78, 5) is 0. The zero-order valence-electron chi connectivity index (χ0n) is 9.60. The van der Waals surface area contributed by atoms with Gasteiger partial charge in [-0.3, -0.25) is 0 Å². The molecule has 4 nitrogen and oxygen atoms in total. The van der Waals surface area contributed by atoms with Gasteiger partial charge in [-0.05, 0) is 18.6 Å². The lowest BCUT2D eigenvalue weighted by Gasteiger charge is -2.07. The molecule has 5 heteroatoms. The second kappa shape index (κ2) is 5.42. The highest BCUT2D eigenvalue weighted by Crippen LogP contribution is 2.22. The summed E-state index contributed by atoms with van der Waals surface area (Å²) in [5.41, 5.74) is 1.00. The first-order valence-electron chi connectivity index (χ1n) is 5.55. The van der Waals surface area contributed by atoms with Crippen LogP contribution in [-0.4, -0.2) is 19.9 Å². The lowest BCUT2D eigenvalue weighted by Crippen LogP contribution is -2.05. The molecule has 0 saturated carbocycles. The minimum Gasteiger partial charge on any atom is -0.388 e. The Labute approximate surface area is 108 Å². The van der Waals surface area contributed by atoms with E-state index in [0.29, 0.717) is 5.82 Å². The number of benzene rings is 1. The highest BCUT2D eigenvalue weighted by Gasteiger charge is 2.12. The van der Waals surface area contributed by atoms with E-state index >= 15 is 0 Å². The van der Waals surface area contributed by atoms with Crippen LogP contribution in [0.15, 0.2) is 28.7 Å². The van der Waals surface area contributed by atoms with Gasteiger partial charge in [-0.2, -0.15) is 0 Å². The molecule has 0 radical (unpaired) electrons. The SMILES string of the molecule is CCCn1c(CO)nnc1-c1cccc(Br)c1. The Morgan fingerprint density at radius 1 is 1.35 bits per heavy atom. The number of aromatic nitrogens is 3. The molecular formula is C12H14BrN3O. The smallest absolute Gasteiger partial charge is 0.164 e. The summed E-state index contributed by atoms with van der Waals surface area (Å²) < 4.78 is 2.97. The van der Waals surface area contributed by atoms with Crippen LogP contribution < -0.4 is 0 Å². The van der Waals surface area contributed by atoms with Crippen LogP contribution in [0.25, 0.3) is 11.4 Å². The van der Waals surface area contributed by atoms with Gasteiger partial charge < -0.3 is 9.67 Å². The lowest BCUT2D eigenvalue weighted by atomic mass is 10.2. The van der Waals surface area contributed by atoms with Gasteiger partial charge in [-0.1, -0.05) is 35.0 Å². The van der Waals surface area contributed by atoms with Gasteiger partial charge in [-0.15, -0.1) is 10.2 Å². The normalized spacial score (nSPS) is 10.8. The number of rotatable bonds is 4. The van der Waals surface area contributed by atoms with Gasteiger partial charge >= 0.3 is 0 Å². The standard InChI is InChI=1S/C12H14BrN3O/c1-2-6-16-11(8-17)14-15-12(16)9-4-3-5-10(13)7-9/h3-5,7,17H,2,6,8H2,1H3. The molecule has 1 aromatic carbocycles. The van der Waals surface area contributed by atoms with Crippen molar-refractivity contribution in [2.24, 2.45) is 0 Å². The van der Waals surface area contributed by atoms with E-state index in [1.165, 1.54) is 0 Å². The van der Waals surface area contributed by atoms with E-state index in [9.17, 15) is 5.11 Å². The van der Waals surface area contributed by atoms with Crippen LogP contribution in [-0.2, 0) is 13.2 Å². The molecule has 1 heterocycles. The van der Waals surface area contributed by atoms with Gasteiger partial charge in [0.2, 0.25) is 0 Å². The summed E-state index contributed by atoms with van der Waals surface area (Å²) in [5.74, 6) is 1.42. The second-order valence-electron chi connectivity index (χ2n) is 3.76. The van der Waals surface area contributed by atoms with Crippen LogP contribution >= 0.6 is 15.9 Å². The summed E-state index contributed by atoms with van der Waals surface area (Å²) in [6.45, 7) is 2.82. The third kappa shape index (κ3) is 2.56. The largest absolute Gasteiger partial charge is 0.388 e. The zero-order chi connectivity index (χ0) is 12.3.